The molecule has 0 aromatic heterocycles. The maximum atomic E-state index is 11.4. The van der Waals surface area contributed by atoms with E-state index in [1.165, 1.54) is 0 Å². The van der Waals surface area contributed by atoms with Crippen molar-refractivity contribution in [1.29, 1.82) is 0 Å². The minimum Gasteiger partial charge on any atom is -0.508 e. The van der Waals surface area contributed by atoms with Gasteiger partial charge in [0.05, 0.1) is 0 Å². The number of hydrogen-bond acceptors (Lipinski definition) is 3. The Kier molecular flexibility index (Phi) is 3.55. The average molecular weight is 291 g/mol. The van der Waals surface area contributed by atoms with Gasteiger partial charge in [-0.25, -0.2) is 0 Å². The highest BCUT2D eigenvalue weighted by Gasteiger charge is 2.06. The molecule has 0 aliphatic rings. The molecule has 22 heavy (non-hydrogen) atoms. The highest BCUT2D eigenvalue weighted by molar-refractivity contribution is 5.99. The first-order chi connectivity index (χ1) is 10.5. The van der Waals surface area contributed by atoms with Crippen LogP contribution in [0.4, 0.5) is 11.4 Å². The Hall–Kier alpha value is -2.81. The van der Waals surface area contributed by atoms with E-state index in [-0.39, 0.29) is 11.5 Å². The van der Waals surface area contributed by atoms with Gasteiger partial charge in [-0.1, -0.05) is 18.2 Å². The Morgan fingerprint density at radius 2 is 1.45 bits per heavy atom. The third kappa shape index (κ3) is 2.66. The highest BCUT2D eigenvalue weighted by Crippen LogP contribution is 2.28. The van der Waals surface area contributed by atoms with Gasteiger partial charge in [0, 0.05) is 24.0 Å². The summed E-state index contributed by atoms with van der Waals surface area (Å²) in [5, 5.41) is 11.5. The van der Waals surface area contributed by atoms with Crippen LogP contribution in [0.25, 0.3) is 10.8 Å². The number of ketones is 1. The molecule has 110 valence electrons. The standard InChI is InChI=1S/C19H17NO2/c1-13(21)14-3-4-16-12-18(6-5-15(16)11-14)20(2)17-7-9-19(22)10-8-17/h3-12,22H,1-2H3. The van der Waals surface area contributed by atoms with Crippen LogP contribution in [-0.2, 0) is 0 Å². The summed E-state index contributed by atoms with van der Waals surface area (Å²) in [6.07, 6.45) is 0. The smallest absolute Gasteiger partial charge is 0.159 e. The van der Waals surface area contributed by atoms with Crippen molar-refractivity contribution in [3.8, 4) is 5.75 Å². The number of fused-ring (bicyclic) bond motifs is 1. The summed E-state index contributed by atoms with van der Waals surface area (Å²) in [6.45, 7) is 1.58. The molecular weight excluding hydrogens is 274 g/mol. The fourth-order valence-corrected chi connectivity index (χ4v) is 2.49. The number of hydrogen-bond donors (Lipinski definition) is 1. The van der Waals surface area contributed by atoms with Gasteiger partial charge >= 0.3 is 0 Å². The van der Waals surface area contributed by atoms with Crippen LogP contribution < -0.4 is 4.90 Å². The zero-order valence-corrected chi connectivity index (χ0v) is 12.6. The van der Waals surface area contributed by atoms with Crippen LogP contribution in [0.15, 0.2) is 60.7 Å². The van der Waals surface area contributed by atoms with Gasteiger partial charge in [0.15, 0.2) is 5.78 Å². The normalized spacial score (nSPS) is 10.6. The molecule has 1 N–H and O–H groups in total. The van der Waals surface area contributed by atoms with E-state index >= 15 is 0 Å². The molecule has 0 amide bonds. The van der Waals surface area contributed by atoms with Crippen molar-refractivity contribution in [3.05, 3.63) is 66.2 Å². The van der Waals surface area contributed by atoms with Crippen molar-refractivity contribution < 1.29 is 9.90 Å². The number of carbonyl (C=O) groups is 1. The van der Waals surface area contributed by atoms with E-state index in [9.17, 15) is 9.90 Å². The fraction of sp³-hybridized carbons (Fsp3) is 0.105. The summed E-state index contributed by atoms with van der Waals surface area (Å²) < 4.78 is 0. The van der Waals surface area contributed by atoms with Crippen LogP contribution in [0.2, 0.25) is 0 Å². The minimum atomic E-state index is 0.0761. The molecule has 0 saturated heterocycles. The summed E-state index contributed by atoms with van der Waals surface area (Å²) in [5.74, 6) is 0.333. The van der Waals surface area contributed by atoms with Crippen molar-refractivity contribution >= 4 is 27.9 Å². The van der Waals surface area contributed by atoms with Gasteiger partial charge in [0.2, 0.25) is 0 Å². The molecule has 0 heterocycles. The second-order valence-electron chi connectivity index (χ2n) is 5.38. The number of rotatable bonds is 3. The lowest BCUT2D eigenvalue weighted by Gasteiger charge is -2.20. The van der Waals surface area contributed by atoms with Gasteiger partial charge in [-0.05, 0) is 60.2 Å². The van der Waals surface area contributed by atoms with Crippen LogP contribution in [0, 0.1) is 0 Å². The van der Waals surface area contributed by atoms with Crippen molar-refractivity contribution in [3.63, 3.8) is 0 Å². The Labute approximate surface area is 129 Å². The molecular formula is C19H17NO2. The first-order valence-electron chi connectivity index (χ1n) is 7.12. The Bertz CT molecular complexity index is 838. The van der Waals surface area contributed by atoms with Crippen LogP contribution in [0.3, 0.4) is 0 Å². The molecule has 0 aliphatic carbocycles. The molecule has 3 nitrogen and oxygen atoms in total. The lowest BCUT2D eigenvalue weighted by Crippen LogP contribution is -2.08. The first-order valence-corrected chi connectivity index (χ1v) is 7.12. The lowest BCUT2D eigenvalue weighted by atomic mass is 10.0. The highest BCUT2D eigenvalue weighted by atomic mass is 16.3. The molecule has 0 unspecified atom stereocenters. The second-order valence-corrected chi connectivity index (χ2v) is 5.38. The second kappa shape index (κ2) is 5.53. The number of Topliss-reactive ketones (excluding diaryl/α,β-unsaturated/α-hetero) is 1. The molecule has 3 aromatic rings. The molecule has 3 aromatic carbocycles. The topological polar surface area (TPSA) is 40.5 Å². The van der Waals surface area contributed by atoms with Gasteiger partial charge in [0.25, 0.3) is 0 Å². The molecule has 0 spiro atoms. The minimum absolute atomic E-state index is 0.0761. The molecule has 0 radical (unpaired) electrons. The van der Waals surface area contributed by atoms with E-state index in [2.05, 4.69) is 11.0 Å². The molecule has 0 saturated carbocycles. The Morgan fingerprint density at radius 3 is 2.14 bits per heavy atom. The van der Waals surface area contributed by atoms with Gasteiger partial charge in [-0.2, -0.15) is 0 Å². The number of phenols is 1. The summed E-state index contributed by atoms with van der Waals surface area (Å²) in [4.78, 5) is 13.5. The molecule has 3 rings (SSSR count). The van der Waals surface area contributed by atoms with E-state index in [0.29, 0.717) is 0 Å². The van der Waals surface area contributed by atoms with Crippen LogP contribution in [-0.4, -0.2) is 17.9 Å². The SMILES string of the molecule is CC(=O)c1ccc2cc(N(C)c3ccc(O)cc3)ccc2c1. The van der Waals surface area contributed by atoms with Gasteiger partial charge < -0.3 is 10.0 Å². The van der Waals surface area contributed by atoms with Gasteiger partial charge in [0.1, 0.15) is 5.75 Å². The zero-order chi connectivity index (χ0) is 15.7. The van der Waals surface area contributed by atoms with E-state index < -0.39 is 0 Å². The third-order valence-electron chi connectivity index (χ3n) is 3.85. The van der Waals surface area contributed by atoms with E-state index in [1.807, 2.05) is 49.5 Å². The average Bonchev–Trinajstić information content (AvgIpc) is 2.54. The molecule has 0 fully saturated rings. The maximum absolute atomic E-state index is 11.4. The lowest BCUT2D eigenvalue weighted by molar-refractivity contribution is 0.101. The van der Waals surface area contributed by atoms with Gasteiger partial charge in [-0.3, -0.25) is 4.79 Å². The predicted octanol–water partition coefficient (Wildman–Crippen LogP) is 4.52. The predicted molar refractivity (Wildman–Crippen MR) is 90.1 cm³/mol. The quantitative estimate of drug-likeness (QED) is 0.721. The summed E-state index contributed by atoms with van der Waals surface area (Å²) >= 11 is 0. The number of anilines is 2. The van der Waals surface area contributed by atoms with Crippen LogP contribution in [0.1, 0.15) is 17.3 Å². The largest absolute Gasteiger partial charge is 0.508 e. The molecule has 0 bridgehead atoms. The number of carbonyl (C=O) groups excluding carboxylic acids is 1. The van der Waals surface area contributed by atoms with Crippen molar-refractivity contribution in [2.24, 2.45) is 0 Å². The maximum Gasteiger partial charge on any atom is 0.159 e. The third-order valence-corrected chi connectivity index (χ3v) is 3.85. The number of benzene rings is 3. The Morgan fingerprint density at radius 1 is 0.864 bits per heavy atom. The first kappa shape index (κ1) is 14.1. The fourth-order valence-electron chi connectivity index (χ4n) is 2.49. The summed E-state index contributed by atoms with van der Waals surface area (Å²) in [7, 11) is 1.98. The van der Waals surface area contributed by atoms with Crippen molar-refractivity contribution in [2.75, 3.05) is 11.9 Å². The molecule has 3 heteroatoms. The summed E-state index contributed by atoms with van der Waals surface area (Å²) in [6, 6.07) is 19.0. The van der Waals surface area contributed by atoms with E-state index in [4.69, 9.17) is 0 Å². The number of phenolic OH excluding ortho intramolecular Hbond substituents is 1. The number of aromatic hydroxyl groups is 1. The van der Waals surface area contributed by atoms with Crippen LogP contribution in [0.5, 0.6) is 5.75 Å². The monoisotopic (exact) mass is 291 g/mol. The summed E-state index contributed by atoms with van der Waals surface area (Å²) in [5.41, 5.74) is 2.78. The molecule has 0 aliphatic heterocycles. The van der Waals surface area contributed by atoms with Gasteiger partial charge in [-0.15, -0.1) is 0 Å². The van der Waals surface area contributed by atoms with E-state index in [1.54, 1.807) is 19.1 Å². The van der Waals surface area contributed by atoms with E-state index in [0.717, 1.165) is 27.7 Å². The number of nitrogens with zero attached hydrogens (tertiary/aromatic N) is 1. The van der Waals surface area contributed by atoms with Crippen LogP contribution >= 0.6 is 0 Å². The zero-order valence-electron chi connectivity index (χ0n) is 12.6. The molecule has 0 atom stereocenters. The van der Waals surface area contributed by atoms with Crippen molar-refractivity contribution in [1.82, 2.24) is 0 Å². The van der Waals surface area contributed by atoms with Crippen molar-refractivity contribution in [2.45, 2.75) is 6.92 Å². The Balaban J connectivity index is 1.99.